The molecule has 3 heterocycles. The number of anilines is 1. The van der Waals surface area contributed by atoms with Gasteiger partial charge in [0.1, 0.15) is 4.60 Å². The van der Waals surface area contributed by atoms with Gasteiger partial charge < -0.3 is 5.32 Å². The Balaban J connectivity index is 1.91. The molecule has 21 heavy (non-hydrogen) atoms. The molecule has 0 fully saturated rings. The third kappa shape index (κ3) is 2.64. The number of rotatable bonds is 2. The van der Waals surface area contributed by atoms with Crippen LogP contribution in [0.2, 0.25) is 0 Å². The standard InChI is InChI=1S/C14H12BrN5O/c1-8-11-6-10(7-17-13(11)20(2)19-8)18-14(21)9-3-4-16-12(15)5-9/h3-7H,1-2H3,(H,18,21). The van der Waals surface area contributed by atoms with E-state index < -0.39 is 0 Å². The average Bonchev–Trinajstić information content (AvgIpc) is 2.74. The summed E-state index contributed by atoms with van der Waals surface area (Å²) in [6.07, 6.45) is 3.20. The lowest BCUT2D eigenvalue weighted by Crippen LogP contribution is -2.12. The number of hydrogen-bond acceptors (Lipinski definition) is 4. The number of aryl methyl sites for hydroxylation is 2. The molecule has 0 aliphatic rings. The molecule has 0 spiro atoms. The molecule has 0 aromatic carbocycles. The Labute approximate surface area is 129 Å². The summed E-state index contributed by atoms with van der Waals surface area (Å²) in [5.41, 5.74) is 2.83. The van der Waals surface area contributed by atoms with E-state index in [4.69, 9.17) is 0 Å². The second-order valence-electron chi connectivity index (χ2n) is 4.63. The second kappa shape index (κ2) is 5.25. The van der Waals surface area contributed by atoms with Gasteiger partial charge in [-0.1, -0.05) is 0 Å². The van der Waals surface area contributed by atoms with Crippen molar-refractivity contribution in [2.45, 2.75) is 6.92 Å². The van der Waals surface area contributed by atoms with E-state index in [1.54, 1.807) is 29.2 Å². The number of pyridine rings is 2. The molecule has 3 aromatic rings. The van der Waals surface area contributed by atoms with Crippen LogP contribution in [0.25, 0.3) is 11.0 Å². The Hall–Kier alpha value is -2.28. The Bertz CT molecular complexity index is 842. The molecular weight excluding hydrogens is 334 g/mol. The molecule has 0 saturated heterocycles. The van der Waals surface area contributed by atoms with Gasteiger partial charge in [0.15, 0.2) is 5.65 Å². The summed E-state index contributed by atoms with van der Waals surface area (Å²) in [5, 5.41) is 8.06. The van der Waals surface area contributed by atoms with E-state index in [-0.39, 0.29) is 5.91 Å². The van der Waals surface area contributed by atoms with Crippen molar-refractivity contribution in [1.82, 2.24) is 19.7 Å². The Morgan fingerprint density at radius 3 is 2.90 bits per heavy atom. The number of fused-ring (bicyclic) bond motifs is 1. The number of halogens is 1. The average molecular weight is 346 g/mol. The fourth-order valence-electron chi connectivity index (χ4n) is 2.12. The van der Waals surface area contributed by atoms with Gasteiger partial charge in [-0.3, -0.25) is 9.48 Å². The first-order chi connectivity index (χ1) is 10.0. The molecule has 0 unspecified atom stereocenters. The minimum absolute atomic E-state index is 0.208. The van der Waals surface area contributed by atoms with Crippen molar-refractivity contribution < 1.29 is 4.79 Å². The smallest absolute Gasteiger partial charge is 0.255 e. The molecule has 3 rings (SSSR count). The fourth-order valence-corrected chi connectivity index (χ4v) is 2.49. The summed E-state index contributed by atoms with van der Waals surface area (Å²) < 4.78 is 2.34. The summed E-state index contributed by atoms with van der Waals surface area (Å²) in [7, 11) is 1.84. The van der Waals surface area contributed by atoms with E-state index in [9.17, 15) is 4.79 Å². The Morgan fingerprint density at radius 2 is 2.14 bits per heavy atom. The Kier molecular flexibility index (Phi) is 3.42. The van der Waals surface area contributed by atoms with Gasteiger partial charge in [0.25, 0.3) is 5.91 Å². The largest absolute Gasteiger partial charge is 0.321 e. The molecule has 106 valence electrons. The number of nitrogens with one attached hydrogen (secondary N) is 1. The van der Waals surface area contributed by atoms with Crippen LogP contribution in [0, 0.1) is 6.92 Å². The lowest BCUT2D eigenvalue weighted by molar-refractivity contribution is 0.102. The number of nitrogens with zero attached hydrogens (tertiary/aromatic N) is 4. The van der Waals surface area contributed by atoms with E-state index in [0.29, 0.717) is 15.9 Å². The highest BCUT2D eigenvalue weighted by molar-refractivity contribution is 9.10. The predicted molar refractivity (Wildman–Crippen MR) is 83.1 cm³/mol. The predicted octanol–water partition coefficient (Wildman–Crippen LogP) is 2.69. The summed E-state index contributed by atoms with van der Waals surface area (Å²) in [6, 6.07) is 5.19. The number of hydrogen-bond donors (Lipinski definition) is 1. The van der Waals surface area contributed by atoms with Crippen molar-refractivity contribution in [1.29, 1.82) is 0 Å². The summed E-state index contributed by atoms with van der Waals surface area (Å²) in [5.74, 6) is -0.208. The normalized spacial score (nSPS) is 10.8. The highest BCUT2D eigenvalue weighted by Gasteiger charge is 2.10. The van der Waals surface area contributed by atoms with Crippen LogP contribution in [-0.2, 0) is 7.05 Å². The van der Waals surface area contributed by atoms with Crippen molar-refractivity contribution in [3.63, 3.8) is 0 Å². The van der Waals surface area contributed by atoms with Crippen LogP contribution in [0.3, 0.4) is 0 Å². The van der Waals surface area contributed by atoms with Crippen molar-refractivity contribution in [3.05, 3.63) is 46.5 Å². The van der Waals surface area contributed by atoms with Gasteiger partial charge in [-0.2, -0.15) is 5.10 Å². The molecule has 0 saturated carbocycles. The molecular formula is C14H12BrN5O. The van der Waals surface area contributed by atoms with Crippen molar-refractivity contribution in [2.24, 2.45) is 7.05 Å². The number of aromatic nitrogens is 4. The molecule has 0 aliphatic carbocycles. The molecule has 0 radical (unpaired) electrons. The zero-order valence-corrected chi connectivity index (χ0v) is 13.0. The number of carbonyl (C=O) groups is 1. The molecule has 6 nitrogen and oxygen atoms in total. The Morgan fingerprint density at radius 1 is 1.33 bits per heavy atom. The van der Waals surface area contributed by atoms with Gasteiger partial charge in [-0.25, -0.2) is 9.97 Å². The molecule has 0 aliphatic heterocycles. The van der Waals surface area contributed by atoms with Crippen LogP contribution in [-0.4, -0.2) is 25.7 Å². The third-order valence-electron chi connectivity index (χ3n) is 3.11. The summed E-state index contributed by atoms with van der Waals surface area (Å²) in [4.78, 5) is 20.5. The summed E-state index contributed by atoms with van der Waals surface area (Å²) >= 11 is 3.25. The maximum Gasteiger partial charge on any atom is 0.255 e. The quantitative estimate of drug-likeness (QED) is 0.724. The minimum Gasteiger partial charge on any atom is -0.321 e. The highest BCUT2D eigenvalue weighted by atomic mass is 79.9. The van der Waals surface area contributed by atoms with E-state index in [1.165, 1.54) is 0 Å². The van der Waals surface area contributed by atoms with Crippen LogP contribution in [0.15, 0.2) is 35.2 Å². The van der Waals surface area contributed by atoms with Crippen LogP contribution in [0.5, 0.6) is 0 Å². The molecule has 7 heteroatoms. The van der Waals surface area contributed by atoms with Gasteiger partial charge in [0.2, 0.25) is 0 Å². The lowest BCUT2D eigenvalue weighted by atomic mass is 10.2. The molecule has 1 N–H and O–H groups in total. The number of amides is 1. The van der Waals surface area contributed by atoms with Crippen LogP contribution < -0.4 is 5.32 Å². The zero-order valence-electron chi connectivity index (χ0n) is 11.5. The first kappa shape index (κ1) is 13.7. The highest BCUT2D eigenvalue weighted by Crippen LogP contribution is 2.20. The zero-order chi connectivity index (χ0) is 15.0. The summed E-state index contributed by atoms with van der Waals surface area (Å²) in [6.45, 7) is 1.91. The SMILES string of the molecule is Cc1nn(C)c2ncc(NC(=O)c3ccnc(Br)c3)cc12. The number of carbonyl (C=O) groups excluding carboxylic acids is 1. The van der Waals surface area contributed by atoms with Crippen LogP contribution in [0.4, 0.5) is 5.69 Å². The monoisotopic (exact) mass is 345 g/mol. The van der Waals surface area contributed by atoms with E-state index in [0.717, 1.165) is 16.7 Å². The minimum atomic E-state index is -0.208. The van der Waals surface area contributed by atoms with E-state index >= 15 is 0 Å². The van der Waals surface area contributed by atoms with Crippen molar-refractivity contribution in [2.75, 3.05) is 5.32 Å². The second-order valence-corrected chi connectivity index (χ2v) is 5.44. The molecule has 0 bridgehead atoms. The lowest BCUT2D eigenvalue weighted by Gasteiger charge is -2.05. The van der Waals surface area contributed by atoms with Crippen molar-refractivity contribution in [3.8, 4) is 0 Å². The molecule has 3 aromatic heterocycles. The third-order valence-corrected chi connectivity index (χ3v) is 3.54. The van der Waals surface area contributed by atoms with Gasteiger partial charge in [0.05, 0.1) is 17.6 Å². The van der Waals surface area contributed by atoms with Gasteiger partial charge >= 0.3 is 0 Å². The first-order valence-electron chi connectivity index (χ1n) is 6.27. The van der Waals surface area contributed by atoms with Gasteiger partial charge in [0, 0.05) is 24.2 Å². The van der Waals surface area contributed by atoms with E-state index in [1.807, 2.05) is 20.0 Å². The van der Waals surface area contributed by atoms with Gasteiger partial charge in [-0.05, 0) is 41.1 Å². The molecule has 0 atom stereocenters. The van der Waals surface area contributed by atoms with Crippen molar-refractivity contribution >= 4 is 38.6 Å². The van der Waals surface area contributed by atoms with E-state index in [2.05, 4.69) is 36.3 Å². The maximum absolute atomic E-state index is 12.2. The van der Waals surface area contributed by atoms with Crippen LogP contribution in [0.1, 0.15) is 16.1 Å². The molecule has 1 amide bonds. The first-order valence-corrected chi connectivity index (χ1v) is 7.06. The maximum atomic E-state index is 12.2. The van der Waals surface area contributed by atoms with Crippen LogP contribution >= 0.6 is 15.9 Å². The topological polar surface area (TPSA) is 72.7 Å². The fraction of sp³-hybridized carbons (Fsp3) is 0.143. The van der Waals surface area contributed by atoms with Gasteiger partial charge in [-0.15, -0.1) is 0 Å².